The third-order valence-electron chi connectivity index (χ3n) is 4.15. The topological polar surface area (TPSA) is 55.1 Å². The van der Waals surface area contributed by atoms with Crippen LogP contribution in [0.25, 0.3) is 0 Å². The van der Waals surface area contributed by atoms with Gasteiger partial charge in [-0.1, -0.05) is 68.8 Å². The fourth-order valence-electron chi connectivity index (χ4n) is 2.67. The number of para-hydroxylation sites is 1. The number of anilines is 1. The van der Waals surface area contributed by atoms with Crippen molar-refractivity contribution in [3.05, 3.63) is 65.7 Å². The van der Waals surface area contributed by atoms with Gasteiger partial charge in [0.15, 0.2) is 0 Å². The van der Waals surface area contributed by atoms with Crippen molar-refractivity contribution in [3.63, 3.8) is 0 Å². The van der Waals surface area contributed by atoms with Gasteiger partial charge in [-0.3, -0.25) is 4.79 Å². The van der Waals surface area contributed by atoms with E-state index in [1.807, 2.05) is 54.6 Å². The molecular formula is C19H24N2O. The molecule has 0 radical (unpaired) electrons. The zero-order valence-corrected chi connectivity index (χ0v) is 13.3. The van der Waals surface area contributed by atoms with Gasteiger partial charge in [0.2, 0.25) is 5.91 Å². The standard InChI is InChI=1S/C19H24N2O/c1-3-14(2)18(15-9-5-4-6-10-15)19(22)21-17-12-8-7-11-16(17)13-20/h4-12,14,18H,3,13,20H2,1-2H3,(H,21,22). The van der Waals surface area contributed by atoms with Crippen molar-refractivity contribution in [2.45, 2.75) is 32.7 Å². The van der Waals surface area contributed by atoms with Gasteiger partial charge in [-0.25, -0.2) is 0 Å². The van der Waals surface area contributed by atoms with Gasteiger partial charge < -0.3 is 11.1 Å². The Morgan fingerprint density at radius 1 is 1.09 bits per heavy atom. The highest BCUT2D eigenvalue weighted by atomic mass is 16.1. The molecule has 0 saturated heterocycles. The summed E-state index contributed by atoms with van der Waals surface area (Å²) in [5.41, 5.74) is 8.56. The lowest BCUT2D eigenvalue weighted by atomic mass is 9.85. The second-order valence-electron chi connectivity index (χ2n) is 5.62. The summed E-state index contributed by atoms with van der Waals surface area (Å²) in [6, 6.07) is 17.7. The highest BCUT2D eigenvalue weighted by Crippen LogP contribution is 2.29. The summed E-state index contributed by atoms with van der Waals surface area (Å²) >= 11 is 0. The summed E-state index contributed by atoms with van der Waals surface area (Å²) in [4.78, 5) is 12.8. The van der Waals surface area contributed by atoms with Crippen LogP contribution >= 0.6 is 0 Å². The summed E-state index contributed by atoms with van der Waals surface area (Å²) in [5, 5.41) is 3.06. The third-order valence-corrected chi connectivity index (χ3v) is 4.15. The van der Waals surface area contributed by atoms with Crippen LogP contribution in [-0.2, 0) is 11.3 Å². The summed E-state index contributed by atoms with van der Waals surface area (Å²) in [7, 11) is 0. The van der Waals surface area contributed by atoms with Crippen LogP contribution in [0.3, 0.4) is 0 Å². The number of nitrogens with one attached hydrogen (secondary N) is 1. The molecule has 2 atom stereocenters. The minimum atomic E-state index is -0.156. The quantitative estimate of drug-likeness (QED) is 0.849. The first-order chi connectivity index (χ1) is 10.7. The Balaban J connectivity index is 2.26. The minimum absolute atomic E-state index is 0.0291. The maximum atomic E-state index is 12.8. The molecule has 0 aromatic heterocycles. The maximum absolute atomic E-state index is 12.8. The second-order valence-corrected chi connectivity index (χ2v) is 5.62. The van der Waals surface area contributed by atoms with Crippen LogP contribution in [-0.4, -0.2) is 5.91 Å². The smallest absolute Gasteiger partial charge is 0.232 e. The molecule has 0 aliphatic rings. The predicted molar refractivity (Wildman–Crippen MR) is 91.6 cm³/mol. The number of hydrogen-bond donors (Lipinski definition) is 2. The van der Waals surface area contributed by atoms with Gasteiger partial charge in [0, 0.05) is 12.2 Å². The molecule has 22 heavy (non-hydrogen) atoms. The Labute approximate surface area is 132 Å². The molecule has 3 heteroatoms. The van der Waals surface area contributed by atoms with Gasteiger partial charge in [-0.2, -0.15) is 0 Å². The van der Waals surface area contributed by atoms with Gasteiger partial charge in [0.05, 0.1) is 5.92 Å². The first-order valence-electron chi connectivity index (χ1n) is 7.81. The van der Waals surface area contributed by atoms with E-state index in [0.717, 1.165) is 23.2 Å². The molecule has 0 fully saturated rings. The highest BCUT2D eigenvalue weighted by molar-refractivity contribution is 5.96. The van der Waals surface area contributed by atoms with E-state index in [2.05, 4.69) is 19.2 Å². The number of hydrogen-bond acceptors (Lipinski definition) is 2. The van der Waals surface area contributed by atoms with Gasteiger partial charge in [-0.05, 0) is 23.1 Å². The molecule has 0 aliphatic carbocycles. The molecule has 0 aliphatic heterocycles. The van der Waals surface area contributed by atoms with E-state index in [4.69, 9.17) is 5.73 Å². The Morgan fingerprint density at radius 3 is 2.36 bits per heavy atom. The van der Waals surface area contributed by atoms with E-state index < -0.39 is 0 Å². The van der Waals surface area contributed by atoms with Crippen LogP contribution in [0, 0.1) is 5.92 Å². The summed E-state index contributed by atoms with van der Waals surface area (Å²) < 4.78 is 0. The van der Waals surface area contributed by atoms with E-state index in [1.54, 1.807) is 0 Å². The number of carbonyl (C=O) groups is 1. The molecule has 0 heterocycles. The van der Waals surface area contributed by atoms with Crippen molar-refractivity contribution in [1.29, 1.82) is 0 Å². The van der Waals surface area contributed by atoms with E-state index >= 15 is 0 Å². The Kier molecular flexibility index (Phi) is 5.73. The van der Waals surface area contributed by atoms with Crippen molar-refractivity contribution in [1.82, 2.24) is 0 Å². The van der Waals surface area contributed by atoms with E-state index in [-0.39, 0.29) is 17.7 Å². The van der Waals surface area contributed by atoms with E-state index in [9.17, 15) is 4.79 Å². The zero-order valence-electron chi connectivity index (χ0n) is 13.3. The van der Waals surface area contributed by atoms with Gasteiger partial charge in [-0.15, -0.1) is 0 Å². The van der Waals surface area contributed by atoms with Gasteiger partial charge >= 0.3 is 0 Å². The molecule has 1 amide bonds. The molecule has 2 aromatic carbocycles. The lowest BCUT2D eigenvalue weighted by Crippen LogP contribution is -2.26. The summed E-state index contributed by atoms with van der Waals surface area (Å²) in [6.45, 7) is 4.64. The monoisotopic (exact) mass is 296 g/mol. The average Bonchev–Trinajstić information content (AvgIpc) is 2.56. The average molecular weight is 296 g/mol. The summed E-state index contributed by atoms with van der Waals surface area (Å²) in [6.07, 6.45) is 0.950. The molecule has 2 aromatic rings. The Hall–Kier alpha value is -2.13. The number of rotatable bonds is 6. The predicted octanol–water partition coefficient (Wildman–Crippen LogP) is 3.91. The van der Waals surface area contributed by atoms with E-state index in [1.165, 1.54) is 0 Å². The van der Waals surface area contributed by atoms with Gasteiger partial charge in [0.1, 0.15) is 0 Å². The normalized spacial score (nSPS) is 13.4. The lowest BCUT2D eigenvalue weighted by molar-refractivity contribution is -0.118. The molecule has 2 unspecified atom stereocenters. The number of carbonyl (C=O) groups excluding carboxylic acids is 1. The maximum Gasteiger partial charge on any atom is 0.232 e. The van der Waals surface area contributed by atoms with Crippen molar-refractivity contribution < 1.29 is 4.79 Å². The van der Waals surface area contributed by atoms with Crippen molar-refractivity contribution in [2.75, 3.05) is 5.32 Å². The Bertz CT molecular complexity index is 610. The number of nitrogens with two attached hydrogens (primary N) is 1. The Morgan fingerprint density at radius 2 is 1.73 bits per heavy atom. The van der Waals surface area contributed by atoms with Crippen molar-refractivity contribution >= 4 is 11.6 Å². The molecule has 2 rings (SSSR count). The third kappa shape index (κ3) is 3.74. The largest absolute Gasteiger partial charge is 0.326 e. The van der Waals surface area contributed by atoms with E-state index in [0.29, 0.717) is 6.54 Å². The molecule has 3 nitrogen and oxygen atoms in total. The lowest BCUT2D eigenvalue weighted by Gasteiger charge is -2.23. The van der Waals surface area contributed by atoms with Crippen LogP contribution in [0.2, 0.25) is 0 Å². The zero-order chi connectivity index (χ0) is 15.9. The molecule has 3 N–H and O–H groups in total. The molecule has 0 saturated carbocycles. The fraction of sp³-hybridized carbons (Fsp3) is 0.316. The first-order valence-corrected chi connectivity index (χ1v) is 7.81. The number of amides is 1. The second kappa shape index (κ2) is 7.76. The molecule has 0 bridgehead atoms. The highest BCUT2D eigenvalue weighted by Gasteiger charge is 2.26. The fourth-order valence-corrected chi connectivity index (χ4v) is 2.67. The van der Waals surface area contributed by atoms with Crippen molar-refractivity contribution in [3.8, 4) is 0 Å². The van der Waals surface area contributed by atoms with Crippen LogP contribution in [0.15, 0.2) is 54.6 Å². The SMILES string of the molecule is CCC(C)C(C(=O)Nc1ccccc1CN)c1ccccc1. The van der Waals surface area contributed by atoms with Crippen molar-refractivity contribution in [2.24, 2.45) is 11.7 Å². The molecule has 116 valence electrons. The van der Waals surface area contributed by atoms with Crippen LogP contribution in [0.4, 0.5) is 5.69 Å². The summed E-state index contributed by atoms with van der Waals surface area (Å²) in [5.74, 6) is 0.144. The van der Waals surface area contributed by atoms with Crippen LogP contribution in [0.5, 0.6) is 0 Å². The number of benzene rings is 2. The molecule has 0 spiro atoms. The minimum Gasteiger partial charge on any atom is -0.326 e. The molecular weight excluding hydrogens is 272 g/mol. The van der Waals surface area contributed by atoms with Crippen LogP contribution < -0.4 is 11.1 Å². The van der Waals surface area contributed by atoms with Gasteiger partial charge in [0.25, 0.3) is 0 Å². The first kappa shape index (κ1) is 16.2. The van der Waals surface area contributed by atoms with Crippen LogP contribution in [0.1, 0.15) is 37.3 Å².